The first-order chi connectivity index (χ1) is 9.86. The topological polar surface area (TPSA) is 58.6 Å². The summed E-state index contributed by atoms with van der Waals surface area (Å²) < 4.78 is 18.2. The van der Waals surface area contributed by atoms with Crippen LogP contribution in [0.25, 0.3) is 0 Å². The van der Waals surface area contributed by atoms with Crippen molar-refractivity contribution in [2.24, 2.45) is 0 Å². The maximum absolute atomic E-state index is 12.9. The van der Waals surface area contributed by atoms with Crippen LogP contribution < -0.4 is 5.32 Å². The van der Waals surface area contributed by atoms with Crippen molar-refractivity contribution in [3.8, 4) is 0 Å². The number of carbonyl (C=O) groups excluding carboxylic acids is 1. The summed E-state index contributed by atoms with van der Waals surface area (Å²) in [5.74, 6) is -0.677. The lowest BCUT2D eigenvalue weighted by atomic mass is 9.96. The van der Waals surface area contributed by atoms with Gasteiger partial charge in [0.1, 0.15) is 17.5 Å². The molecule has 2 atom stereocenters. The number of ether oxygens (including phenoxy) is 1. The van der Waals surface area contributed by atoms with E-state index in [0.717, 1.165) is 0 Å². The van der Waals surface area contributed by atoms with E-state index in [2.05, 4.69) is 11.9 Å². The minimum atomic E-state index is -1.27. The Kier molecular flexibility index (Phi) is 6.52. The van der Waals surface area contributed by atoms with Crippen LogP contribution in [-0.2, 0) is 15.1 Å². The van der Waals surface area contributed by atoms with Gasteiger partial charge in [0.05, 0.1) is 13.2 Å². The van der Waals surface area contributed by atoms with E-state index >= 15 is 0 Å². The Morgan fingerprint density at radius 2 is 2.14 bits per heavy atom. The van der Waals surface area contributed by atoms with Gasteiger partial charge in [-0.1, -0.05) is 18.2 Å². The van der Waals surface area contributed by atoms with Gasteiger partial charge >= 0.3 is 0 Å². The summed E-state index contributed by atoms with van der Waals surface area (Å²) in [6.07, 6.45) is 1.78. The third-order valence-electron chi connectivity index (χ3n) is 3.13. The van der Waals surface area contributed by atoms with Gasteiger partial charge in [-0.15, -0.1) is 6.58 Å². The molecule has 1 aromatic carbocycles. The van der Waals surface area contributed by atoms with Gasteiger partial charge in [-0.25, -0.2) is 4.39 Å². The van der Waals surface area contributed by atoms with Crippen LogP contribution in [0.5, 0.6) is 0 Å². The molecule has 0 aromatic heterocycles. The highest BCUT2D eigenvalue weighted by molar-refractivity contribution is 5.80. The highest BCUT2D eigenvalue weighted by Crippen LogP contribution is 2.19. The van der Waals surface area contributed by atoms with Gasteiger partial charge in [0.25, 0.3) is 0 Å². The molecular weight excluding hydrogens is 273 g/mol. The first kappa shape index (κ1) is 17.3. The molecule has 4 nitrogen and oxygen atoms in total. The Labute approximate surface area is 124 Å². The number of halogens is 1. The molecule has 0 aliphatic carbocycles. The normalized spacial score (nSPS) is 15.0. The molecule has 0 aliphatic heterocycles. The second-order valence-corrected chi connectivity index (χ2v) is 5.09. The number of amides is 1. The fourth-order valence-electron chi connectivity index (χ4n) is 1.72. The Balaban J connectivity index is 2.50. The Morgan fingerprint density at radius 1 is 1.52 bits per heavy atom. The van der Waals surface area contributed by atoms with Crippen LogP contribution in [0.15, 0.2) is 36.9 Å². The average Bonchev–Trinajstić information content (AvgIpc) is 2.45. The van der Waals surface area contributed by atoms with E-state index < -0.39 is 11.7 Å². The predicted octanol–water partition coefficient (Wildman–Crippen LogP) is 2.13. The quantitative estimate of drug-likeness (QED) is 0.570. The first-order valence-electron chi connectivity index (χ1n) is 6.85. The van der Waals surface area contributed by atoms with Gasteiger partial charge < -0.3 is 15.2 Å². The van der Waals surface area contributed by atoms with Gasteiger partial charge in [-0.05, 0) is 38.0 Å². The summed E-state index contributed by atoms with van der Waals surface area (Å²) in [4.78, 5) is 11.8. The zero-order valence-electron chi connectivity index (χ0n) is 12.4. The molecule has 21 heavy (non-hydrogen) atoms. The predicted molar refractivity (Wildman–Crippen MR) is 79.2 cm³/mol. The van der Waals surface area contributed by atoms with Gasteiger partial charge in [-0.3, -0.25) is 4.79 Å². The Bertz CT molecular complexity index is 471. The van der Waals surface area contributed by atoms with Crippen LogP contribution in [0, 0.1) is 5.82 Å². The van der Waals surface area contributed by atoms with Crippen LogP contribution in [-0.4, -0.2) is 30.3 Å². The summed E-state index contributed by atoms with van der Waals surface area (Å²) in [7, 11) is 0. The number of carbonyl (C=O) groups is 1. The van der Waals surface area contributed by atoms with E-state index in [-0.39, 0.29) is 18.3 Å². The van der Waals surface area contributed by atoms with Gasteiger partial charge in [0, 0.05) is 0 Å². The summed E-state index contributed by atoms with van der Waals surface area (Å²) in [5.41, 5.74) is -0.742. The summed E-state index contributed by atoms with van der Waals surface area (Å²) in [6, 6.07) is 5.52. The summed E-state index contributed by atoms with van der Waals surface area (Å²) in [6.45, 7) is 7.22. The molecule has 2 unspecified atom stereocenters. The molecule has 1 rings (SSSR count). The smallest absolute Gasteiger partial charge is 0.248 e. The number of benzene rings is 1. The molecule has 0 saturated carbocycles. The van der Waals surface area contributed by atoms with E-state index in [9.17, 15) is 14.3 Å². The standard InChI is InChI=1S/C16H22FNO3/c1-4-5-10-21-12(2)15(19)18-11-16(3,20)13-6-8-14(17)9-7-13/h4,6-9,12,20H,1,5,10-11H2,2-3H3,(H,18,19). The number of aliphatic hydroxyl groups is 1. The van der Waals surface area contributed by atoms with Gasteiger partial charge in [-0.2, -0.15) is 0 Å². The van der Waals surface area contributed by atoms with Crippen molar-refractivity contribution in [1.29, 1.82) is 0 Å². The second kappa shape index (κ2) is 7.90. The SMILES string of the molecule is C=CCCOC(C)C(=O)NCC(C)(O)c1ccc(F)cc1. The molecular formula is C16H22FNO3. The van der Waals surface area contributed by atoms with E-state index in [1.807, 2.05) is 0 Å². The molecule has 1 aromatic rings. The molecule has 0 aliphatic rings. The number of nitrogens with one attached hydrogen (secondary N) is 1. The van der Waals surface area contributed by atoms with Crippen molar-refractivity contribution in [2.75, 3.05) is 13.2 Å². The maximum Gasteiger partial charge on any atom is 0.248 e. The number of hydrogen-bond donors (Lipinski definition) is 2. The lowest BCUT2D eigenvalue weighted by molar-refractivity contribution is -0.132. The van der Waals surface area contributed by atoms with Gasteiger partial charge in [0.2, 0.25) is 5.91 Å². The Morgan fingerprint density at radius 3 is 2.71 bits per heavy atom. The fourth-order valence-corrected chi connectivity index (χ4v) is 1.72. The minimum Gasteiger partial charge on any atom is -0.384 e. The molecule has 2 N–H and O–H groups in total. The van der Waals surface area contributed by atoms with Crippen LogP contribution >= 0.6 is 0 Å². The number of rotatable bonds is 8. The zero-order chi connectivity index (χ0) is 15.9. The van der Waals surface area contributed by atoms with Crippen molar-refractivity contribution < 1.29 is 19.0 Å². The van der Waals surface area contributed by atoms with Crippen molar-refractivity contribution in [1.82, 2.24) is 5.32 Å². The highest BCUT2D eigenvalue weighted by Gasteiger charge is 2.25. The van der Waals surface area contributed by atoms with Gasteiger partial charge in [0.15, 0.2) is 0 Å². The van der Waals surface area contributed by atoms with Crippen LogP contribution in [0.4, 0.5) is 4.39 Å². The molecule has 0 bridgehead atoms. The lowest BCUT2D eigenvalue weighted by Gasteiger charge is -2.25. The largest absolute Gasteiger partial charge is 0.384 e. The first-order valence-corrected chi connectivity index (χ1v) is 6.85. The molecule has 5 heteroatoms. The molecule has 0 heterocycles. The molecule has 0 radical (unpaired) electrons. The van der Waals surface area contributed by atoms with Crippen molar-refractivity contribution in [3.05, 3.63) is 48.3 Å². The third kappa shape index (κ3) is 5.65. The monoisotopic (exact) mass is 295 g/mol. The lowest BCUT2D eigenvalue weighted by Crippen LogP contribution is -2.43. The minimum absolute atomic E-state index is 0.0205. The van der Waals surface area contributed by atoms with Crippen LogP contribution in [0.2, 0.25) is 0 Å². The second-order valence-electron chi connectivity index (χ2n) is 5.09. The molecule has 0 spiro atoms. The summed E-state index contributed by atoms with van der Waals surface area (Å²) in [5, 5.41) is 13.0. The van der Waals surface area contributed by atoms with Crippen molar-refractivity contribution >= 4 is 5.91 Å². The average molecular weight is 295 g/mol. The maximum atomic E-state index is 12.9. The zero-order valence-corrected chi connectivity index (χ0v) is 12.4. The third-order valence-corrected chi connectivity index (χ3v) is 3.13. The highest BCUT2D eigenvalue weighted by atomic mass is 19.1. The van der Waals surface area contributed by atoms with Crippen molar-refractivity contribution in [2.45, 2.75) is 32.0 Å². The molecule has 0 saturated heterocycles. The number of hydrogen-bond acceptors (Lipinski definition) is 3. The Hall–Kier alpha value is -1.72. The van der Waals surface area contributed by atoms with E-state index in [1.54, 1.807) is 19.9 Å². The van der Waals surface area contributed by atoms with Crippen LogP contribution in [0.1, 0.15) is 25.8 Å². The van der Waals surface area contributed by atoms with E-state index in [4.69, 9.17) is 4.74 Å². The molecule has 116 valence electrons. The summed E-state index contributed by atoms with van der Waals surface area (Å²) >= 11 is 0. The van der Waals surface area contributed by atoms with E-state index in [1.165, 1.54) is 24.3 Å². The molecule has 1 amide bonds. The van der Waals surface area contributed by atoms with Crippen molar-refractivity contribution in [3.63, 3.8) is 0 Å². The molecule has 0 fully saturated rings. The fraction of sp³-hybridized carbons (Fsp3) is 0.438. The van der Waals surface area contributed by atoms with E-state index in [0.29, 0.717) is 18.6 Å². The van der Waals surface area contributed by atoms with Crippen LogP contribution in [0.3, 0.4) is 0 Å².